The fourth-order valence-corrected chi connectivity index (χ4v) is 5.31. The third kappa shape index (κ3) is 8.22. The molecular weight excluding hydrogens is 537 g/mol. The topological polar surface area (TPSA) is 98.7 Å². The summed E-state index contributed by atoms with van der Waals surface area (Å²) in [6.45, 7) is 0.304. The van der Waals surface area contributed by atoms with Crippen molar-refractivity contribution >= 4 is 52.5 Å². The molecule has 1 saturated carbocycles. The number of nitrogens with zero attached hydrogens (tertiary/aromatic N) is 1. The molecule has 9 heteroatoms. The number of urea groups is 1. The lowest BCUT2D eigenvalue weighted by Gasteiger charge is -2.26. The first kappa shape index (κ1) is 28.5. The number of rotatable bonds is 9. The van der Waals surface area contributed by atoms with Gasteiger partial charge in [0.1, 0.15) is 0 Å². The van der Waals surface area contributed by atoms with Gasteiger partial charge in [0.05, 0.1) is 13.0 Å². The van der Waals surface area contributed by atoms with E-state index in [0.717, 1.165) is 11.3 Å². The van der Waals surface area contributed by atoms with Crippen molar-refractivity contribution in [3.63, 3.8) is 0 Å². The molecule has 0 spiro atoms. The summed E-state index contributed by atoms with van der Waals surface area (Å²) in [4.78, 5) is 38.1. The molecule has 0 bridgehead atoms. The van der Waals surface area contributed by atoms with Crippen LogP contribution in [0.1, 0.15) is 65.9 Å². The molecule has 0 unspecified atom stereocenters. The second-order valence-electron chi connectivity index (χ2n) is 9.70. The van der Waals surface area contributed by atoms with Crippen molar-refractivity contribution in [2.75, 3.05) is 16.8 Å². The molecule has 7 nitrogen and oxygen atoms in total. The van der Waals surface area contributed by atoms with Gasteiger partial charge in [0.15, 0.2) is 0 Å². The highest BCUT2D eigenvalue weighted by Crippen LogP contribution is 2.34. The number of amides is 3. The van der Waals surface area contributed by atoms with E-state index in [1.165, 1.54) is 37.7 Å². The number of carbonyl (C=O) groups is 3. The smallest absolute Gasteiger partial charge is 0.326 e. The predicted molar refractivity (Wildman–Crippen MR) is 155 cm³/mol. The molecule has 3 aromatic carbocycles. The first-order valence-electron chi connectivity index (χ1n) is 13.0. The van der Waals surface area contributed by atoms with Crippen LogP contribution in [0.25, 0.3) is 0 Å². The molecule has 4 rings (SSSR count). The van der Waals surface area contributed by atoms with Crippen molar-refractivity contribution in [3.8, 4) is 0 Å². The van der Waals surface area contributed by atoms with Crippen molar-refractivity contribution in [1.29, 1.82) is 0 Å². The predicted octanol–water partition coefficient (Wildman–Crippen LogP) is 7.48. The zero-order chi connectivity index (χ0) is 27.8. The molecule has 3 aromatic rings. The highest BCUT2D eigenvalue weighted by molar-refractivity contribution is 6.35. The van der Waals surface area contributed by atoms with Crippen LogP contribution in [-0.4, -0.2) is 29.6 Å². The van der Waals surface area contributed by atoms with Crippen LogP contribution >= 0.6 is 23.2 Å². The van der Waals surface area contributed by atoms with Crippen LogP contribution in [0, 0.1) is 0 Å². The van der Waals surface area contributed by atoms with Gasteiger partial charge in [-0.15, -0.1) is 0 Å². The first-order valence-corrected chi connectivity index (χ1v) is 13.8. The summed E-state index contributed by atoms with van der Waals surface area (Å²) in [6.07, 6.45) is 6.02. The van der Waals surface area contributed by atoms with Crippen LogP contribution in [0.15, 0.2) is 66.7 Å². The number of hydrogen-bond donors (Lipinski definition) is 3. The first-order chi connectivity index (χ1) is 18.8. The Morgan fingerprint density at radius 1 is 0.872 bits per heavy atom. The number of aliphatic carboxylic acids is 1. The van der Waals surface area contributed by atoms with Crippen molar-refractivity contribution < 1.29 is 19.5 Å². The number of carbonyl (C=O) groups excluding carboxylic acids is 2. The molecule has 1 fully saturated rings. The normalized spacial score (nSPS) is 13.5. The van der Waals surface area contributed by atoms with Crippen LogP contribution in [0.2, 0.25) is 10.0 Å². The Kier molecular flexibility index (Phi) is 9.85. The largest absolute Gasteiger partial charge is 0.481 e. The average Bonchev–Trinajstić information content (AvgIpc) is 2.92. The SMILES string of the molecule is O=C(O)CCNC(=O)c1ccc(CN(C(=O)Nc2cc(Cl)cc(Cl)c2)c2ccc(C3CCCCC3)cc2)cc1. The standard InChI is InChI=1S/C30H31Cl2N3O4/c31-24-16-25(32)18-26(17-24)34-30(39)35(27-12-10-22(11-13-27)21-4-2-1-3-5-21)19-20-6-8-23(9-7-20)29(38)33-15-14-28(36)37/h6-13,16-18,21H,1-5,14-15,19H2,(H,33,38)(H,34,39)(H,36,37). The van der Waals surface area contributed by atoms with Gasteiger partial charge in [-0.25, -0.2) is 4.79 Å². The maximum Gasteiger partial charge on any atom is 0.326 e. The summed E-state index contributed by atoms with van der Waals surface area (Å²) in [5.74, 6) is -0.776. The lowest BCUT2D eigenvalue weighted by molar-refractivity contribution is -0.136. The van der Waals surface area contributed by atoms with Crippen LogP contribution in [0.5, 0.6) is 0 Å². The van der Waals surface area contributed by atoms with Gasteiger partial charge in [0.25, 0.3) is 5.91 Å². The Labute approximate surface area is 238 Å². The summed E-state index contributed by atoms with van der Waals surface area (Å²) in [6, 6.07) is 19.5. The number of carboxylic acid groups (broad SMARTS) is 1. The Bertz CT molecular complexity index is 1290. The monoisotopic (exact) mass is 567 g/mol. The number of halogens is 2. The molecular formula is C30H31Cl2N3O4. The molecule has 0 aliphatic heterocycles. The van der Waals surface area contributed by atoms with E-state index in [4.69, 9.17) is 28.3 Å². The summed E-state index contributed by atoms with van der Waals surface area (Å²) < 4.78 is 0. The van der Waals surface area contributed by atoms with E-state index in [1.54, 1.807) is 47.4 Å². The van der Waals surface area contributed by atoms with Gasteiger partial charge < -0.3 is 15.7 Å². The molecule has 0 aromatic heterocycles. The molecule has 3 N–H and O–H groups in total. The fraction of sp³-hybridized carbons (Fsp3) is 0.300. The maximum absolute atomic E-state index is 13.5. The van der Waals surface area contributed by atoms with Crippen LogP contribution in [-0.2, 0) is 11.3 Å². The minimum absolute atomic E-state index is 0.0498. The molecule has 204 valence electrons. The van der Waals surface area contributed by atoms with E-state index < -0.39 is 5.97 Å². The fourth-order valence-electron chi connectivity index (χ4n) is 4.79. The number of anilines is 2. The van der Waals surface area contributed by atoms with Gasteiger partial charge in [-0.3, -0.25) is 14.5 Å². The zero-order valence-electron chi connectivity index (χ0n) is 21.5. The van der Waals surface area contributed by atoms with Crippen molar-refractivity contribution in [2.24, 2.45) is 0 Å². The molecule has 39 heavy (non-hydrogen) atoms. The molecule has 1 aliphatic rings. The Balaban J connectivity index is 1.53. The molecule has 3 amide bonds. The summed E-state index contributed by atoms with van der Waals surface area (Å²) in [5, 5.41) is 15.1. The third-order valence-electron chi connectivity index (χ3n) is 6.82. The van der Waals surface area contributed by atoms with E-state index in [0.29, 0.717) is 27.2 Å². The maximum atomic E-state index is 13.5. The van der Waals surface area contributed by atoms with Gasteiger partial charge in [-0.05, 0) is 72.4 Å². The van der Waals surface area contributed by atoms with Crippen molar-refractivity contribution in [2.45, 2.75) is 51.0 Å². The number of nitrogens with one attached hydrogen (secondary N) is 2. The molecule has 0 saturated heterocycles. The second-order valence-corrected chi connectivity index (χ2v) is 10.6. The van der Waals surface area contributed by atoms with Gasteiger partial charge in [0.2, 0.25) is 0 Å². The van der Waals surface area contributed by atoms with E-state index in [-0.39, 0.29) is 31.4 Å². The summed E-state index contributed by atoms with van der Waals surface area (Å²) in [5.41, 5.74) is 3.72. The third-order valence-corrected chi connectivity index (χ3v) is 7.26. The van der Waals surface area contributed by atoms with Gasteiger partial charge >= 0.3 is 12.0 Å². The Morgan fingerprint density at radius 3 is 2.13 bits per heavy atom. The van der Waals surface area contributed by atoms with Crippen molar-refractivity contribution in [3.05, 3.63) is 93.5 Å². The minimum Gasteiger partial charge on any atom is -0.481 e. The van der Waals surface area contributed by atoms with Crippen LogP contribution in [0.3, 0.4) is 0 Å². The lowest BCUT2D eigenvalue weighted by atomic mass is 9.84. The van der Waals surface area contributed by atoms with Gasteiger partial charge in [-0.2, -0.15) is 0 Å². The number of hydrogen-bond acceptors (Lipinski definition) is 3. The molecule has 1 aliphatic carbocycles. The van der Waals surface area contributed by atoms with Gasteiger partial charge in [0, 0.05) is 33.5 Å². The molecule has 0 heterocycles. The highest BCUT2D eigenvalue weighted by atomic mass is 35.5. The van der Waals surface area contributed by atoms with E-state index in [1.807, 2.05) is 12.1 Å². The summed E-state index contributed by atoms with van der Waals surface area (Å²) >= 11 is 12.3. The Morgan fingerprint density at radius 2 is 1.51 bits per heavy atom. The number of benzene rings is 3. The van der Waals surface area contributed by atoms with Crippen molar-refractivity contribution in [1.82, 2.24) is 5.32 Å². The second kappa shape index (κ2) is 13.5. The average molecular weight is 569 g/mol. The van der Waals surface area contributed by atoms with E-state index >= 15 is 0 Å². The summed E-state index contributed by atoms with van der Waals surface area (Å²) in [7, 11) is 0. The lowest BCUT2D eigenvalue weighted by Crippen LogP contribution is -2.34. The van der Waals surface area contributed by atoms with Crippen LogP contribution in [0.4, 0.5) is 16.2 Å². The number of carboxylic acids is 1. The zero-order valence-corrected chi connectivity index (χ0v) is 23.0. The Hall–Kier alpha value is -3.55. The molecule has 0 atom stereocenters. The van der Waals surface area contributed by atoms with Crippen LogP contribution < -0.4 is 15.5 Å². The van der Waals surface area contributed by atoms with E-state index in [2.05, 4.69) is 22.8 Å². The highest BCUT2D eigenvalue weighted by Gasteiger charge is 2.20. The quantitative estimate of drug-likeness (QED) is 0.249. The van der Waals surface area contributed by atoms with E-state index in [9.17, 15) is 14.4 Å². The molecule has 0 radical (unpaired) electrons. The van der Waals surface area contributed by atoms with Gasteiger partial charge in [-0.1, -0.05) is 66.7 Å². The minimum atomic E-state index is -0.976.